The lowest BCUT2D eigenvalue weighted by Crippen LogP contribution is -2.37. The van der Waals surface area contributed by atoms with Crippen LogP contribution in [0.25, 0.3) is 0 Å². The number of aryl methyl sites for hydroxylation is 2. The van der Waals surface area contributed by atoms with E-state index >= 15 is 0 Å². The van der Waals surface area contributed by atoms with Crippen molar-refractivity contribution >= 4 is 29.2 Å². The van der Waals surface area contributed by atoms with Crippen LogP contribution in [0.1, 0.15) is 51.5 Å². The van der Waals surface area contributed by atoms with E-state index in [1.54, 1.807) is 32.9 Å². The predicted octanol–water partition coefficient (Wildman–Crippen LogP) is 3.18. The fourth-order valence-corrected chi connectivity index (χ4v) is 3.69. The molecule has 7 nitrogen and oxygen atoms in total. The second-order valence-corrected chi connectivity index (χ2v) is 7.19. The lowest BCUT2D eigenvalue weighted by Gasteiger charge is -2.19. The Hall–Kier alpha value is -3.22. The molecule has 2 aromatic rings. The lowest BCUT2D eigenvalue weighted by atomic mass is 10.1. The summed E-state index contributed by atoms with van der Waals surface area (Å²) in [5.74, 6) is -0.975. The molecule has 3 amide bonds. The van der Waals surface area contributed by atoms with Crippen LogP contribution in [0.2, 0.25) is 0 Å². The molecule has 1 aromatic carbocycles. The number of aromatic amines is 1. The Morgan fingerprint density at radius 3 is 2.21 bits per heavy atom. The number of nitrogens with zero attached hydrogens (tertiary/aromatic N) is 2. The average Bonchev–Trinajstić information content (AvgIpc) is 3.04. The molecule has 0 bridgehead atoms. The van der Waals surface area contributed by atoms with Crippen molar-refractivity contribution in [2.45, 2.75) is 40.7 Å². The van der Waals surface area contributed by atoms with Crippen LogP contribution in [0.3, 0.4) is 0 Å². The van der Waals surface area contributed by atoms with Crippen molar-refractivity contribution in [1.29, 1.82) is 0 Å². The number of benzene rings is 1. The quantitative estimate of drug-likeness (QED) is 0.636. The molecule has 1 aliphatic heterocycles. The Bertz CT molecular complexity index is 988. The Morgan fingerprint density at radius 1 is 1.07 bits per heavy atom. The molecule has 28 heavy (non-hydrogen) atoms. The standard InChI is InChI=1S/C21H23N3O4/c1-11-6-8-16(9-7-11)24-14(4)20(27)23(21(24)28)10-17(26)19-12(2)18(15(5)25)13(3)22-19/h6-9,14,22H,10H2,1-5H3. The molecule has 0 spiro atoms. The minimum Gasteiger partial charge on any atom is -0.355 e. The van der Waals surface area contributed by atoms with Gasteiger partial charge in [-0.15, -0.1) is 0 Å². The zero-order valence-electron chi connectivity index (χ0n) is 16.6. The maximum atomic E-state index is 12.9. The molecule has 1 atom stereocenters. The number of anilines is 1. The summed E-state index contributed by atoms with van der Waals surface area (Å²) in [6, 6.07) is 6.06. The molecule has 2 heterocycles. The third-order valence-electron chi connectivity index (χ3n) is 5.13. The van der Waals surface area contributed by atoms with E-state index in [0.29, 0.717) is 22.5 Å². The zero-order chi connectivity index (χ0) is 20.7. The van der Waals surface area contributed by atoms with Crippen molar-refractivity contribution in [3.63, 3.8) is 0 Å². The van der Waals surface area contributed by atoms with Gasteiger partial charge in [0.25, 0.3) is 5.91 Å². The van der Waals surface area contributed by atoms with Gasteiger partial charge < -0.3 is 4.98 Å². The van der Waals surface area contributed by atoms with Gasteiger partial charge in [0.05, 0.1) is 12.2 Å². The highest BCUT2D eigenvalue weighted by molar-refractivity contribution is 6.16. The van der Waals surface area contributed by atoms with Crippen molar-refractivity contribution in [3.8, 4) is 0 Å². The zero-order valence-corrected chi connectivity index (χ0v) is 16.6. The van der Waals surface area contributed by atoms with E-state index in [1.165, 1.54) is 11.8 Å². The number of hydrogen-bond donors (Lipinski definition) is 1. The van der Waals surface area contributed by atoms with Crippen LogP contribution in [0.4, 0.5) is 10.5 Å². The molecule has 1 unspecified atom stereocenters. The van der Waals surface area contributed by atoms with Crippen LogP contribution in [0.15, 0.2) is 24.3 Å². The SMILES string of the molecule is CC(=O)c1c(C)[nH]c(C(=O)CN2C(=O)C(C)N(c3ccc(C)cc3)C2=O)c1C. The van der Waals surface area contributed by atoms with Crippen LogP contribution in [0, 0.1) is 20.8 Å². The number of H-pyrrole nitrogens is 1. The topological polar surface area (TPSA) is 90.6 Å². The van der Waals surface area contributed by atoms with E-state index in [9.17, 15) is 19.2 Å². The lowest BCUT2D eigenvalue weighted by molar-refractivity contribution is -0.126. The van der Waals surface area contributed by atoms with Gasteiger partial charge in [-0.3, -0.25) is 24.2 Å². The Kier molecular flexibility index (Phi) is 4.93. The van der Waals surface area contributed by atoms with E-state index in [1.807, 2.05) is 19.1 Å². The molecule has 146 valence electrons. The summed E-state index contributed by atoms with van der Waals surface area (Å²) >= 11 is 0. The number of Topliss-reactive ketones (excluding diaryl/α,β-unsaturated/α-hetero) is 2. The summed E-state index contributed by atoms with van der Waals surface area (Å²) in [6.07, 6.45) is 0. The minimum absolute atomic E-state index is 0.141. The van der Waals surface area contributed by atoms with Crippen molar-refractivity contribution in [2.75, 3.05) is 11.4 Å². The number of ketones is 2. The third-order valence-corrected chi connectivity index (χ3v) is 5.13. The van der Waals surface area contributed by atoms with Gasteiger partial charge >= 0.3 is 6.03 Å². The first-order valence-electron chi connectivity index (χ1n) is 9.08. The largest absolute Gasteiger partial charge is 0.355 e. The van der Waals surface area contributed by atoms with Crippen LogP contribution >= 0.6 is 0 Å². The number of amides is 3. The summed E-state index contributed by atoms with van der Waals surface area (Å²) in [5, 5.41) is 0. The molecule has 1 N–H and O–H groups in total. The van der Waals surface area contributed by atoms with E-state index < -0.39 is 23.8 Å². The normalized spacial score (nSPS) is 16.8. The van der Waals surface area contributed by atoms with Crippen LogP contribution in [-0.4, -0.2) is 46.0 Å². The molecular weight excluding hydrogens is 358 g/mol. The molecule has 1 aromatic heterocycles. The van der Waals surface area contributed by atoms with Gasteiger partial charge in [-0.25, -0.2) is 4.79 Å². The highest BCUT2D eigenvalue weighted by Gasteiger charge is 2.44. The number of urea groups is 1. The molecule has 1 fully saturated rings. The van der Waals surface area contributed by atoms with Gasteiger partial charge in [-0.1, -0.05) is 17.7 Å². The molecule has 0 aliphatic carbocycles. The van der Waals surface area contributed by atoms with E-state index in [4.69, 9.17) is 0 Å². The smallest absolute Gasteiger partial charge is 0.332 e. The number of hydrogen-bond acceptors (Lipinski definition) is 4. The first-order chi connectivity index (χ1) is 13.1. The molecule has 3 rings (SSSR count). The summed E-state index contributed by atoms with van der Waals surface area (Å²) in [4.78, 5) is 55.4. The molecule has 0 saturated carbocycles. The number of aromatic nitrogens is 1. The predicted molar refractivity (Wildman–Crippen MR) is 105 cm³/mol. The molecule has 7 heteroatoms. The van der Waals surface area contributed by atoms with E-state index in [2.05, 4.69) is 4.98 Å². The Morgan fingerprint density at radius 2 is 1.68 bits per heavy atom. The van der Waals surface area contributed by atoms with Gasteiger partial charge in [0, 0.05) is 16.9 Å². The monoisotopic (exact) mass is 381 g/mol. The van der Waals surface area contributed by atoms with Gasteiger partial charge in [-0.2, -0.15) is 0 Å². The number of rotatable bonds is 5. The Labute approximate surface area is 163 Å². The second-order valence-electron chi connectivity index (χ2n) is 7.19. The number of imide groups is 1. The summed E-state index contributed by atoms with van der Waals surface area (Å²) in [7, 11) is 0. The van der Waals surface area contributed by atoms with Crippen molar-refractivity contribution in [3.05, 3.63) is 52.3 Å². The summed E-state index contributed by atoms with van der Waals surface area (Å²) < 4.78 is 0. The summed E-state index contributed by atoms with van der Waals surface area (Å²) in [5.41, 5.74) is 3.51. The first kappa shape index (κ1) is 19.5. The highest BCUT2D eigenvalue weighted by atomic mass is 16.2. The van der Waals surface area contributed by atoms with Gasteiger partial charge in [0.2, 0.25) is 0 Å². The highest BCUT2D eigenvalue weighted by Crippen LogP contribution is 2.27. The van der Waals surface area contributed by atoms with Gasteiger partial charge in [0.1, 0.15) is 6.04 Å². The van der Waals surface area contributed by atoms with Crippen LogP contribution < -0.4 is 4.90 Å². The van der Waals surface area contributed by atoms with Gasteiger partial charge in [0.15, 0.2) is 11.6 Å². The molecule has 1 aliphatic rings. The van der Waals surface area contributed by atoms with Crippen LogP contribution in [0.5, 0.6) is 0 Å². The number of carbonyl (C=O) groups excluding carboxylic acids is 4. The minimum atomic E-state index is -0.692. The van der Waals surface area contributed by atoms with Crippen molar-refractivity contribution in [1.82, 2.24) is 9.88 Å². The summed E-state index contributed by atoms with van der Waals surface area (Å²) in [6.45, 7) is 8.04. The van der Waals surface area contributed by atoms with Crippen molar-refractivity contribution in [2.24, 2.45) is 0 Å². The maximum absolute atomic E-state index is 12.9. The molecule has 1 saturated heterocycles. The molecular formula is C21H23N3O4. The number of carbonyl (C=O) groups is 4. The van der Waals surface area contributed by atoms with Gasteiger partial charge in [-0.05, 0) is 52.3 Å². The first-order valence-corrected chi connectivity index (χ1v) is 9.08. The second kappa shape index (κ2) is 7.07. The fourth-order valence-electron chi connectivity index (χ4n) is 3.69. The van der Waals surface area contributed by atoms with Crippen molar-refractivity contribution < 1.29 is 19.2 Å². The van der Waals surface area contributed by atoms with Crippen LogP contribution in [-0.2, 0) is 4.79 Å². The maximum Gasteiger partial charge on any atom is 0.332 e. The number of nitrogens with one attached hydrogen (secondary N) is 1. The fraction of sp³-hybridized carbons (Fsp3) is 0.333. The van der Waals surface area contributed by atoms with E-state index in [-0.39, 0.29) is 18.0 Å². The van der Waals surface area contributed by atoms with E-state index in [0.717, 1.165) is 10.5 Å². The Balaban J connectivity index is 1.86. The third kappa shape index (κ3) is 3.13. The average molecular weight is 381 g/mol. The molecule has 0 radical (unpaired) electrons.